The average molecular weight is 202 g/mol. The number of hydrogen-bond acceptors (Lipinski definition) is 3. The third kappa shape index (κ3) is 8.01. The van der Waals surface area contributed by atoms with Crippen LogP contribution in [0.1, 0.15) is 33.6 Å². The molecule has 0 aliphatic carbocycles. The minimum atomic E-state index is 0.0586. The first-order chi connectivity index (χ1) is 6.56. The Labute approximate surface area is 86.3 Å². The molecule has 1 atom stereocenters. The number of nitrogens with one attached hydrogen (secondary N) is 1. The van der Waals surface area contributed by atoms with Crippen molar-refractivity contribution in [3.05, 3.63) is 0 Å². The quantitative estimate of drug-likeness (QED) is 0.356. The first-order valence-electron chi connectivity index (χ1n) is 5.12. The standard InChI is InChI=1S/C10H22N2O2/c1-4-9(7-10(11)12)14-6-5-13-8(2)3/h8-9H,4-7H2,1-3H3,(H3,11,12). The van der Waals surface area contributed by atoms with Crippen molar-refractivity contribution < 1.29 is 9.47 Å². The van der Waals surface area contributed by atoms with Gasteiger partial charge in [0.2, 0.25) is 0 Å². The van der Waals surface area contributed by atoms with Crippen LogP contribution < -0.4 is 5.73 Å². The topological polar surface area (TPSA) is 68.3 Å². The van der Waals surface area contributed by atoms with Crippen molar-refractivity contribution in [2.24, 2.45) is 5.73 Å². The smallest absolute Gasteiger partial charge is 0.0931 e. The van der Waals surface area contributed by atoms with Gasteiger partial charge in [-0.2, -0.15) is 0 Å². The number of nitrogens with two attached hydrogens (primary N) is 1. The number of hydrogen-bond donors (Lipinski definition) is 2. The van der Waals surface area contributed by atoms with Gasteiger partial charge in [-0.3, -0.25) is 5.41 Å². The molecule has 0 saturated carbocycles. The van der Waals surface area contributed by atoms with Crippen LogP contribution in [-0.4, -0.2) is 31.3 Å². The summed E-state index contributed by atoms with van der Waals surface area (Å²) in [6, 6.07) is 0. The molecule has 0 radical (unpaired) electrons. The molecule has 0 spiro atoms. The summed E-state index contributed by atoms with van der Waals surface area (Å²) in [5, 5.41) is 7.14. The van der Waals surface area contributed by atoms with E-state index in [0.29, 0.717) is 19.6 Å². The number of amidine groups is 1. The van der Waals surface area contributed by atoms with E-state index in [1.165, 1.54) is 0 Å². The Morgan fingerprint density at radius 2 is 1.86 bits per heavy atom. The fourth-order valence-corrected chi connectivity index (χ4v) is 1.06. The Morgan fingerprint density at radius 3 is 2.29 bits per heavy atom. The van der Waals surface area contributed by atoms with Gasteiger partial charge in [-0.25, -0.2) is 0 Å². The van der Waals surface area contributed by atoms with Gasteiger partial charge in [0.05, 0.1) is 31.3 Å². The van der Waals surface area contributed by atoms with Crippen LogP contribution in [0.15, 0.2) is 0 Å². The third-order valence-corrected chi connectivity index (χ3v) is 1.79. The van der Waals surface area contributed by atoms with Gasteiger partial charge >= 0.3 is 0 Å². The molecule has 0 aromatic carbocycles. The summed E-state index contributed by atoms with van der Waals surface area (Å²) in [6.07, 6.45) is 1.69. The first-order valence-corrected chi connectivity index (χ1v) is 5.12. The van der Waals surface area contributed by atoms with E-state index >= 15 is 0 Å². The van der Waals surface area contributed by atoms with E-state index in [1.54, 1.807) is 0 Å². The lowest BCUT2D eigenvalue weighted by atomic mass is 10.2. The van der Waals surface area contributed by atoms with Crippen molar-refractivity contribution in [3.63, 3.8) is 0 Å². The van der Waals surface area contributed by atoms with Crippen molar-refractivity contribution in [1.29, 1.82) is 5.41 Å². The zero-order chi connectivity index (χ0) is 11.0. The van der Waals surface area contributed by atoms with Gasteiger partial charge in [0.25, 0.3) is 0 Å². The molecule has 4 nitrogen and oxygen atoms in total. The molecule has 0 heterocycles. The lowest BCUT2D eigenvalue weighted by Crippen LogP contribution is -2.23. The second-order valence-electron chi connectivity index (χ2n) is 3.55. The summed E-state index contributed by atoms with van der Waals surface area (Å²) < 4.78 is 10.8. The summed E-state index contributed by atoms with van der Waals surface area (Å²) in [5.41, 5.74) is 5.29. The summed E-state index contributed by atoms with van der Waals surface area (Å²) in [6.45, 7) is 7.19. The van der Waals surface area contributed by atoms with Gasteiger partial charge in [0.1, 0.15) is 0 Å². The monoisotopic (exact) mass is 202 g/mol. The van der Waals surface area contributed by atoms with Crippen molar-refractivity contribution >= 4 is 5.84 Å². The molecule has 0 rings (SSSR count). The normalized spacial score (nSPS) is 13.1. The van der Waals surface area contributed by atoms with Gasteiger partial charge in [-0.1, -0.05) is 6.92 Å². The molecular formula is C10H22N2O2. The summed E-state index contributed by atoms with van der Waals surface area (Å²) >= 11 is 0. The number of rotatable bonds is 8. The summed E-state index contributed by atoms with van der Waals surface area (Å²) in [7, 11) is 0. The van der Waals surface area contributed by atoms with Crippen LogP contribution in [0.5, 0.6) is 0 Å². The fraction of sp³-hybridized carbons (Fsp3) is 0.900. The number of ether oxygens (including phenoxy) is 2. The van der Waals surface area contributed by atoms with Crippen LogP contribution in [-0.2, 0) is 9.47 Å². The molecule has 0 fully saturated rings. The molecule has 0 aromatic rings. The molecular weight excluding hydrogens is 180 g/mol. The van der Waals surface area contributed by atoms with Crippen molar-refractivity contribution in [2.45, 2.75) is 45.8 Å². The Bertz CT molecular complexity index is 160. The highest BCUT2D eigenvalue weighted by atomic mass is 16.5. The Hall–Kier alpha value is -0.610. The maximum Gasteiger partial charge on any atom is 0.0931 e. The molecule has 0 aromatic heterocycles. The van der Waals surface area contributed by atoms with Gasteiger partial charge in [-0.05, 0) is 20.3 Å². The molecule has 0 aliphatic rings. The van der Waals surface area contributed by atoms with Gasteiger partial charge < -0.3 is 15.2 Å². The van der Waals surface area contributed by atoms with Crippen LogP contribution >= 0.6 is 0 Å². The van der Waals surface area contributed by atoms with Crippen LogP contribution in [0.2, 0.25) is 0 Å². The molecule has 0 amide bonds. The molecule has 0 saturated heterocycles. The van der Waals surface area contributed by atoms with Crippen molar-refractivity contribution in [1.82, 2.24) is 0 Å². The second-order valence-corrected chi connectivity index (χ2v) is 3.55. The van der Waals surface area contributed by atoms with Gasteiger partial charge in [-0.15, -0.1) is 0 Å². The van der Waals surface area contributed by atoms with Gasteiger partial charge in [0.15, 0.2) is 0 Å². The lowest BCUT2D eigenvalue weighted by molar-refractivity contribution is -0.0112. The third-order valence-electron chi connectivity index (χ3n) is 1.79. The predicted octanol–water partition coefficient (Wildman–Crippen LogP) is 1.53. The summed E-state index contributed by atoms with van der Waals surface area (Å²) in [5.74, 6) is 0.182. The minimum absolute atomic E-state index is 0.0586. The van der Waals surface area contributed by atoms with Crippen LogP contribution in [0.3, 0.4) is 0 Å². The Balaban J connectivity index is 3.47. The summed E-state index contributed by atoms with van der Waals surface area (Å²) in [4.78, 5) is 0. The van der Waals surface area contributed by atoms with Crippen molar-refractivity contribution in [3.8, 4) is 0 Å². The maximum absolute atomic E-state index is 7.14. The maximum atomic E-state index is 7.14. The predicted molar refractivity (Wildman–Crippen MR) is 57.7 cm³/mol. The lowest BCUT2D eigenvalue weighted by Gasteiger charge is -2.15. The highest BCUT2D eigenvalue weighted by molar-refractivity contribution is 5.77. The van der Waals surface area contributed by atoms with E-state index < -0.39 is 0 Å². The molecule has 0 aliphatic heterocycles. The Morgan fingerprint density at radius 1 is 1.29 bits per heavy atom. The van der Waals surface area contributed by atoms with E-state index in [-0.39, 0.29) is 18.0 Å². The van der Waals surface area contributed by atoms with Gasteiger partial charge in [0, 0.05) is 6.42 Å². The fourth-order valence-electron chi connectivity index (χ4n) is 1.06. The second kappa shape index (κ2) is 7.76. The minimum Gasteiger partial charge on any atom is -0.388 e. The molecule has 84 valence electrons. The first kappa shape index (κ1) is 13.4. The van der Waals surface area contributed by atoms with Crippen LogP contribution in [0.25, 0.3) is 0 Å². The van der Waals surface area contributed by atoms with E-state index in [0.717, 1.165) is 6.42 Å². The highest BCUT2D eigenvalue weighted by Crippen LogP contribution is 2.03. The molecule has 1 unspecified atom stereocenters. The molecule has 14 heavy (non-hydrogen) atoms. The van der Waals surface area contributed by atoms with Crippen LogP contribution in [0, 0.1) is 5.41 Å². The molecule has 0 bridgehead atoms. The van der Waals surface area contributed by atoms with Crippen LogP contribution in [0.4, 0.5) is 0 Å². The largest absolute Gasteiger partial charge is 0.388 e. The highest BCUT2D eigenvalue weighted by Gasteiger charge is 2.07. The molecule has 4 heteroatoms. The average Bonchev–Trinajstić information content (AvgIpc) is 2.09. The van der Waals surface area contributed by atoms with E-state index in [4.69, 9.17) is 20.6 Å². The van der Waals surface area contributed by atoms with E-state index in [2.05, 4.69) is 0 Å². The van der Waals surface area contributed by atoms with E-state index in [1.807, 2.05) is 20.8 Å². The van der Waals surface area contributed by atoms with Crippen molar-refractivity contribution in [2.75, 3.05) is 13.2 Å². The molecule has 3 N–H and O–H groups in total. The zero-order valence-corrected chi connectivity index (χ0v) is 9.38. The SMILES string of the molecule is CCC(CC(=N)N)OCCOC(C)C. The zero-order valence-electron chi connectivity index (χ0n) is 9.38. The van der Waals surface area contributed by atoms with E-state index in [9.17, 15) is 0 Å². The Kier molecular flexibility index (Phi) is 7.42.